The zero-order valence-corrected chi connectivity index (χ0v) is 16.8. The minimum Gasteiger partial charge on any atom is -0.383 e. The van der Waals surface area contributed by atoms with Gasteiger partial charge in [0.15, 0.2) is 9.84 Å². The summed E-state index contributed by atoms with van der Waals surface area (Å²) in [5, 5.41) is 9.80. The van der Waals surface area contributed by atoms with Crippen molar-refractivity contribution < 1.29 is 8.42 Å². The summed E-state index contributed by atoms with van der Waals surface area (Å²) in [6.07, 6.45) is 2.29. The fraction of sp³-hybridized carbons (Fsp3) is 0.429. The SMILES string of the molecule is CC(C)[C@@]12C[C@@H]1[C@@H](C)c1nc(N)c(C#N)c(-c3ccc(S(C)(=O)=O)cc3)c12. The second kappa shape index (κ2) is 5.56. The van der Waals surface area contributed by atoms with Gasteiger partial charge in [0.1, 0.15) is 17.5 Å². The van der Waals surface area contributed by atoms with Crippen molar-refractivity contribution in [1.29, 1.82) is 5.26 Å². The molecule has 1 aromatic carbocycles. The Morgan fingerprint density at radius 2 is 1.93 bits per heavy atom. The molecule has 5 nitrogen and oxygen atoms in total. The number of anilines is 1. The molecule has 1 saturated carbocycles. The Morgan fingerprint density at radius 3 is 2.44 bits per heavy atom. The number of nitrogens with two attached hydrogens (primary N) is 1. The van der Waals surface area contributed by atoms with Gasteiger partial charge in [-0.15, -0.1) is 0 Å². The predicted molar refractivity (Wildman–Crippen MR) is 105 cm³/mol. The number of nitrogens with zero attached hydrogens (tertiary/aromatic N) is 2. The molecule has 1 heterocycles. The van der Waals surface area contributed by atoms with Crippen molar-refractivity contribution in [2.24, 2.45) is 11.8 Å². The van der Waals surface area contributed by atoms with Crippen molar-refractivity contribution in [2.45, 2.75) is 43.4 Å². The zero-order chi connectivity index (χ0) is 19.7. The van der Waals surface area contributed by atoms with Gasteiger partial charge in [0.05, 0.1) is 10.6 Å². The molecule has 27 heavy (non-hydrogen) atoms. The molecular weight excluding hydrogens is 358 g/mol. The Hall–Kier alpha value is -2.39. The molecule has 1 fully saturated rings. The molecule has 6 heteroatoms. The van der Waals surface area contributed by atoms with Crippen LogP contribution in [0.1, 0.15) is 49.9 Å². The normalized spacial score (nSPS) is 25.8. The summed E-state index contributed by atoms with van der Waals surface area (Å²) in [4.78, 5) is 4.88. The van der Waals surface area contributed by atoms with Crippen LogP contribution >= 0.6 is 0 Å². The van der Waals surface area contributed by atoms with Gasteiger partial charge in [-0.25, -0.2) is 13.4 Å². The second-order valence-corrected chi connectivity index (χ2v) is 10.2. The van der Waals surface area contributed by atoms with Crippen LogP contribution in [0.5, 0.6) is 0 Å². The number of fused-ring (bicyclic) bond motifs is 3. The standard InChI is InChI=1S/C21H23N3O2S/c1-11(2)21-9-16(21)12(3)19-18(21)17(15(10-22)20(23)24-19)13-5-7-14(8-6-13)27(4,25)26/h5-8,11-12,16H,9H2,1-4H3,(H2,23,24)/t12-,16-,21+/m1/s1. The maximum absolute atomic E-state index is 11.8. The second-order valence-electron chi connectivity index (χ2n) is 8.21. The quantitative estimate of drug-likeness (QED) is 0.875. The summed E-state index contributed by atoms with van der Waals surface area (Å²) in [5.74, 6) is 1.52. The van der Waals surface area contributed by atoms with E-state index in [0.717, 1.165) is 28.8 Å². The van der Waals surface area contributed by atoms with E-state index in [4.69, 9.17) is 5.73 Å². The molecular formula is C21H23N3O2S. The summed E-state index contributed by atoms with van der Waals surface area (Å²) >= 11 is 0. The lowest BCUT2D eigenvalue weighted by Gasteiger charge is -2.24. The minimum absolute atomic E-state index is 0.0336. The average molecular weight is 382 g/mol. The number of pyridine rings is 1. The van der Waals surface area contributed by atoms with Crippen molar-refractivity contribution in [3.63, 3.8) is 0 Å². The Morgan fingerprint density at radius 1 is 1.30 bits per heavy atom. The number of rotatable bonds is 3. The number of aromatic nitrogens is 1. The van der Waals surface area contributed by atoms with Crippen LogP contribution in [-0.2, 0) is 15.3 Å². The third-order valence-electron chi connectivity index (χ3n) is 6.53. The third kappa shape index (κ3) is 2.34. The first-order valence-electron chi connectivity index (χ1n) is 9.17. The monoisotopic (exact) mass is 381 g/mol. The van der Waals surface area contributed by atoms with E-state index in [9.17, 15) is 13.7 Å². The number of nitrogen functional groups attached to an aromatic ring is 1. The van der Waals surface area contributed by atoms with Crippen molar-refractivity contribution in [1.82, 2.24) is 4.98 Å². The molecule has 2 aliphatic carbocycles. The Bertz CT molecular complexity index is 1100. The van der Waals surface area contributed by atoms with Gasteiger partial charge in [0.2, 0.25) is 0 Å². The van der Waals surface area contributed by atoms with Crippen molar-refractivity contribution in [3.05, 3.63) is 41.1 Å². The molecule has 0 aliphatic heterocycles. The Kier molecular flexibility index (Phi) is 3.70. The zero-order valence-electron chi connectivity index (χ0n) is 15.9. The molecule has 1 aromatic heterocycles. The van der Waals surface area contributed by atoms with Crippen molar-refractivity contribution in [2.75, 3.05) is 12.0 Å². The van der Waals surface area contributed by atoms with Gasteiger partial charge >= 0.3 is 0 Å². The van der Waals surface area contributed by atoms with E-state index in [2.05, 4.69) is 31.8 Å². The highest BCUT2D eigenvalue weighted by molar-refractivity contribution is 7.90. The molecule has 0 amide bonds. The molecule has 3 atom stereocenters. The first-order chi connectivity index (χ1) is 12.6. The maximum Gasteiger partial charge on any atom is 0.175 e. The van der Waals surface area contributed by atoms with Crippen molar-refractivity contribution >= 4 is 15.7 Å². The van der Waals surface area contributed by atoms with E-state index in [0.29, 0.717) is 23.3 Å². The largest absolute Gasteiger partial charge is 0.383 e. The lowest BCUT2D eigenvalue weighted by molar-refractivity contribution is 0.449. The highest BCUT2D eigenvalue weighted by Crippen LogP contribution is 2.71. The van der Waals surface area contributed by atoms with Gasteiger partial charge in [-0.1, -0.05) is 32.9 Å². The summed E-state index contributed by atoms with van der Waals surface area (Å²) in [7, 11) is -3.28. The van der Waals surface area contributed by atoms with Gasteiger partial charge < -0.3 is 5.73 Å². The van der Waals surface area contributed by atoms with Crippen LogP contribution in [0, 0.1) is 23.2 Å². The highest BCUT2D eigenvalue weighted by atomic mass is 32.2. The lowest BCUT2D eigenvalue weighted by atomic mass is 9.80. The molecule has 2 aromatic rings. The number of sulfone groups is 1. The molecule has 0 unspecified atom stereocenters. The molecule has 0 saturated heterocycles. The van der Waals surface area contributed by atoms with Crippen LogP contribution < -0.4 is 5.73 Å². The number of hydrogen-bond acceptors (Lipinski definition) is 5. The molecule has 2 aliphatic rings. The van der Waals surface area contributed by atoms with Crippen LogP contribution in [0.15, 0.2) is 29.2 Å². The van der Waals surface area contributed by atoms with Crippen LogP contribution in [0.4, 0.5) is 5.82 Å². The van der Waals surface area contributed by atoms with E-state index >= 15 is 0 Å². The Balaban J connectivity index is 2.02. The van der Waals surface area contributed by atoms with Gasteiger partial charge in [0.25, 0.3) is 0 Å². The topological polar surface area (TPSA) is 96.8 Å². The molecule has 140 valence electrons. The van der Waals surface area contributed by atoms with Gasteiger partial charge in [-0.05, 0) is 41.5 Å². The maximum atomic E-state index is 11.8. The summed E-state index contributed by atoms with van der Waals surface area (Å²) in [5.41, 5.74) is 10.4. The molecule has 0 radical (unpaired) electrons. The number of hydrogen-bond donors (Lipinski definition) is 1. The first-order valence-corrected chi connectivity index (χ1v) is 11.1. The molecule has 0 spiro atoms. The van der Waals surface area contributed by atoms with Crippen LogP contribution in [0.3, 0.4) is 0 Å². The van der Waals surface area contributed by atoms with Crippen molar-refractivity contribution in [3.8, 4) is 17.2 Å². The van der Waals surface area contributed by atoms with E-state index in [1.807, 2.05) is 0 Å². The smallest absolute Gasteiger partial charge is 0.175 e. The van der Waals surface area contributed by atoms with Crippen LogP contribution in [0.25, 0.3) is 11.1 Å². The number of nitriles is 1. The third-order valence-corrected chi connectivity index (χ3v) is 7.65. The van der Waals surface area contributed by atoms with Gasteiger partial charge in [-0.2, -0.15) is 5.26 Å². The van der Waals surface area contributed by atoms with Crippen LogP contribution in [0.2, 0.25) is 0 Å². The van der Waals surface area contributed by atoms with Crippen LogP contribution in [-0.4, -0.2) is 19.7 Å². The van der Waals surface area contributed by atoms with E-state index in [-0.39, 0.29) is 16.1 Å². The fourth-order valence-corrected chi connectivity index (χ4v) is 5.68. The number of benzene rings is 1. The fourth-order valence-electron chi connectivity index (χ4n) is 5.05. The Labute approximate surface area is 160 Å². The predicted octanol–water partition coefficient (Wildman–Crippen LogP) is 3.64. The summed E-state index contributed by atoms with van der Waals surface area (Å²) in [6, 6.07) is 8.99. The average Bonchev–Trinajstić information content (AvgIpc) is 3.31. The first kappa shape index (κ1) is 18.0. The van der Waals surface area contributed by atoms with E-state index in [1.165, 1.54) is 6.26 Å². The summed E-state index contributed by atoms with van der Waals surface area (Å²) < 4.78 is 23.6. The minimum atomic E-state index is -3.28. The molecule has 4 rings (SSSR count). The van der Waals surface area contributed by atoms with Gasteiger partial charge in [-0.3, -0.25) is 0 Å². The molecule has 2 N–H and O–H groups in total. The molecule has 0 bridgehead atoms. The van der Waals surface area contributed by atoms with E-state index in [1.54, 1.807) is 24.3 Å². The lowest BCUT2D eigenvalue weighted by Crippen LogP contribution is -2.18. The highest BCUT2D eigenvalue weighted by Gasteiger charge is 2.66. The van der Waals surface area contributed by atoms with Gasteiger partial charge in [0, 0.05) is 23.2 Å². The summed E-state index contributed by atoms with van der Waals surface area (Å²) in [6.45, 7) is 6.64. The van der Waals surface area contributed by atoms with E-state index < -0.39 is 9.84 Å².